The Hall–Kier alpha value is -0.450. The number of rotatable bonds is 6. The molecular weight excluding hydrogens is 220 g/mol. The van der Waals surface area contributed by atoms with E-state index in [1.165, 1.54) is 9.88 Å². The quantitative estimate of drug-likeness (QED) is 0.832. The molecule has 0 fully saturated rings. The highest BCUT2D eigenvalue weighted by atomic mass is 32.1. The van der Waals surface area contributed by atoms with Crippen molar-refractivity contribution in [2.45, 2.75) is 45.8 Å². The first kappa shape index (κ1) is 13.6. The van der Waals surface area contributed by atoms with Gasteiger partial charge in [-0.25, -0.2) is 4.98 Å². The Morgan fingerprint density at radius 1 is 1.44 bits per heavy atom. The number of methoxy groups -OCH3 is 1. The molecule has 92 valence electrons. The molecule has 0 aliphatic heterocycles. The molecule has 0 radical (unpaired) electrons. The number of ether oxygens (including phenoxy) is 1. The number of aryl methyl sites for hydroxylation is 1. The topological polar surface area (TPSA) is 34.1 Å². The molecule has 0 bridgehead atoms. The second-order valence-electron chi connectivity index (χ2n) is 4.35. The average molecular weight is 242 g/mol. The van der Waals surface area contributed by atoms with Crippen molar-refractivity contribution < 1.29 is 4.74 Å². The van der Waals surface area contributed by atoms with Crippen molar-refractivity contribution in [3.05, 3.63) is 16.1 Å². The molecule has 0 spiro atoms. The van der Waals surface area contributed by atoms with E-state index in [0.29, 0.717) is 12.0 Å². The van der Waals surface area contributed by atoms with Gasteiger partial charge in [0.1, 0.15) is 0 Å². The van der Waals surface area contributed by atoms with Crippen LogP contribution >= 0.6 is 11.3 Å². The molecular formula is C12H22N2OS. The zero-order valence-corrected chi connectivity index (χ0v) is 11.6. The lowest BCUT2D eigenvalue weighted by Crippen LogP contribution is -2.38. The normalized spacial score (nSPS) is 17.1. The van der Waals surface area contributed by atoms with Crippen molar-refractivity contribution in [3.63, 3.8) is 0 Å². The Morgan fingerprint density at radius 2 is 2.12 bits per heavy atom. The van der Waals surface area contributed by atoms with Crippen molar-refractivity contribution in [2.24, 2.45) is 0 Å². The summed E-state index contributed by atoms with van der Waals surface area (Å²) in [6, 6.07) is 0.369. The molecule has 1 N–H and O–H groups in total. The summed E-state index contributed by atoms with van der Waals surface area (Å²) in [6.07, 6.45) is 2.18. The predicted molar refractivity (Wildman–Crippen MR) is 69.2 cm³/mol. The maximum Gasteiger partial charge on any atom is 0.0968 e. The van der Waals surface area contributed by atoms with Gasteiger partial charge in [0.05, 0.1) is 11.1 Å². The molecule has 1 aromatic rings. The van der Waals surface area contributed by atoms with Gasteiger partial charge in [0.15, 0.2) is 0 Å². The Morgan fingerprint density at radius 3 is 2.62 bits per heavy atom. The third-order valence-electron chi connectivity index (χ3n) is 2.88. The van der Waals surface area contributed by atoms with Crippen molar-refractivity contribution in [3.8, 4) is 0 Å². The molecule has 0 amide bonds. The number of thiazole rings is 1. The van der Waals surface area contributed by atoms with E-state index in [9.17, 15) is 0 Å². The van der Waals surface area contributed by atoms with E-state index in [4.69, 9.17) is 4.74 Å². The van der Waals surface area contributed by atoms with Gasteiger partial charge in [0.25, 0.3) is 0 Å². The third kappa shape index (κ3) is 3.85. The van der Waals surface area contributed by atoms with Crippen molar-refractivity contribution in [1.82, 2.24) is 10.3 Å². The molecule has 0 saturated carbocycles. The molecule has 4 heteroatoms. The SMILES string of the molecule is COC(C)C(C)NCC(C)c1ncc(C)s1. The van der Waals surface area contributed by atoms with Crippen LogP contribution in [0.1, 0.15) is 36.6 Å². The molecule has 3 atom stereocenters. The van der Waals surface area contributed by atoms with E-state index in [-0.39, 0.29) is 6.10 Å². The van der Waals surface area contributed by atoms with Crippen LogP contribution in [0.15, 0.2) is 6.20 Å². The smallest absolute Gasteiger partial charge is 0.0968 e. The van der Waals surface area contributed by atoms with Crippen LogP contribution in [0.4, 0.5) is 0 Å². The van der Waals surface area contributed by atoms with Crippen LogP contribution in [-0.4, -0.2) is 30.8 Å². The van der Waals surface area contributed by atoms with Gasteiger partial charge in [-0.3, -0.25) is 0 Å². The van der Waals surface area contributed by atoms with E-state index < -0.39 is 0 Å². The lowest BCUT2D eigenvalue weighted by atomic mass is 10.1. The maximum atomic E-state index is 5.28. The largest absolute Gasteiger partial charge is 0.380 e. The molecule has 0 aromatic carbocycles. The molecule has 0 aliphatic carbocycles. The Bertz CT molecular complexity index is 314. The highest BCUT2D eigenvalue weighted by Gasteiger charge is 2.14. The summed E-state index contributed by atoms with van der Waals surface area (Å²) in [6.45, 7) is 9.47. The number of nitrogens with zero attached hydrogens (tertiary/aromatic N) is 1. The van der Waals surface area contributed by atoms with Gasteiger partial charge in [-0.15, -0.1) is 11.3 Å². The van der Waals surface area contributed by atoms with Crippen LogP contribution < -0.4 is 5.32 Å². The van der Waals surface area contributed by atoms with Gasteiger partial charge in [-0.1, -0.05) is 6.92 Å². The molecule has 3 unspecified atom stereocenters. The first-order chi connectivity index (χ1) is 7.54. The minimum atomic E-state index is 0.241. The lowest BCUT2D eigenvalue weighted by molar-refractivity contribution is 0.0884. The van der Waals surface area contributed by atoms with Crippen LogP contribution in [-0.2, 0) is 4.74 Å². The summed E-state index contributed by atoms with van der Waals surface area (Å²) in [5.41, 5.74) is 0. The average Bonchev–Trinajstić information content (AvgIpc) is 2.71. The molecule has 3 nitrogen and oxygen atoms in total. The van der Waals surface area contributed by atoms with Crippen LogP contribution in [0.25, 0.3) is 0 Å². The van der Waals surface area contributed by atoms with Gasteiger partial charge in [-0.2, -0.15) is 0 Å². The Balaban J connectivity index is 2.38. The monoisotopic (exact) mass is 242 g/mol. The first-order valence-electron chi connectivity index (χ1n) is 5.73. The van der Waals surface area contributed by atoms with Gasteiger partial charge in [0.2, 0.25) is 0 Å². The van der Waals surface area contributed by atoms with E-state index in [0.717, 1.165) is 6.54 Å². The van der Waals surface area contributed by atoms with E-state index in [2.05, 4.69) is 38.0 Å². The van der Waals surface area contributed by atoms with Crippen LogP contribution in [0.5, 0.6) is 0 Å². The predicted octanol–water partition coefficient (Wildman–Crippen LogP) is 2.57. The number of aromatic nitrogens is 1. The maximum absolute atomic E-state index is 5.28. The van der Waals surface area contributed by atoms with E-state index in [1.54, 1.807) is 18.4 Å². The van der Waals surface area contributed by atoms with Gasteiger partial charge in [-0.05, 0) is 20.8 Å². The highest BCUT2D eigenvalue weighted by molar-refractivity contribution is 7.11. The molecule has 16 heavy (non-hydrogen) atoms. The van der Waals surface area contributed by atoms with Gasteiger partial charge < -0.3 is 10.1 Å². The minimum absolute atomic E-state index is 0.241. The molecule has 0 saturated heterocycles. The summed E-state index contributed by atoms with van der Waals surface area (Å²) in [4.78, 5) is 5.68. The summed E-state index contributed by atoms with van der Waals surface area (Å²) >= 11 is 1.78. The van der Waals surface area contributed by atoms with E-state index >= 15 is 0 Å². The zero-order chi connectivity index (χ0) is 12.1. The number of hydrogen-bond acceptors (Lipinski definition) is 4. The highest BCUT2D eigenvalue weighted by Crippen LogP contribution is 2.20. The molecule has 1 heterocycles. The fourth-order valence-corrected chi connectivity index (χ4v) is 2.25. The lowest BCUT2D eigenvalue weighted by Gasteiger charge is -2.21. The van der Waals surface area contributed by atoms with Crippen LogP contribution in [0.2, 0.25) is 0 Å². The fraction of sp³-hybridized carbons (Fsp3) is 0.750. The van der Waals surface area contributed by atoms with Crippen LogP contribution in [0, 0.1) is 6.92 Å². The molecule has 0 aliphatic rings. The zero-order valence-electron chi connectivity index (χ0n) is 10.8. The number of nitrogens with one attached hydrogen (secondary N) is 1. The molecule has 1 rings (SSSR count). The Kier molecular flexibility index (Phi) is 5.38. The minimum Gasteiger partial charge on any atom is -0.380 e. The van der Waals surface area contributed by atoms with Crippen LogP contribution in [0.3, 0.4) is 0 Å². The number of hydrogen-bond donors (Lipinski definition) is 1. The van der Waals surface area contributed by atoms with E-state index in [1.807, 2.05) is 6.20 Å². The van der Waals surface area contributed by atoms with Gasteiger partial charge in [0, 0.05) is 36.7 Å². The standard InChI is InChI=1S/C12H22N2OS/c1-8(12-14-7-9(2)16-12)6-13-10(3)11(4)15-5/h7-8,10-11,13H,6H2,1-5H3. The second kappa shape index (κ2) is 6.33. The second-order valence-corrected chi connectivity index (χ2v) is 5.61. The van der Waals surface area contributed by atoms with Gasteiger partial charge >= 0.3 is 0 Å². The summed E-state index contributed by atoms with van der Waals surface area (Å²) in [5, 5.41) is 4.69. The van der Waals surface area contributed by atoms with Crippen molar-refractivity contribution >= 4 is 11.3 Å². The fourth-order valence-electron chi connectivity index (χ4n) is 1.42. The Labute approximate surface area is 102 Å². The third-order valence-corrected chi connectivity index (χ3v) is 4.03. The summed E-state index contributed by atoms with van der Waals surface area (Å²) < 4.78 is 5.28. The van der Waals surface area contributed by atoms with Crippen molar-refractivity contribution in [2.75, 3.05) is 13.7 Å². The molecule has 1 aromatic heterocycles. The van der Waals surface area contributed by atoms with Crippen molar-refractivity contribution in [1.29, 1.82) is 0 Å². The summed E-state index contributed by atoms with van der Waals surface area (Å²) in [7, 11) is 1.75. The summed E-state index contributed by atoms with van der Waals surface area (Å²) in [5.74, 6) is 0.463. The first-order valence-corrected chi connectivity index (χ1v) is 6.54.